The molecule has 1 aromatic carbocycles. The number of nitrogens with zero attached hydrogens (tertiary/aromatic N) is 6. The SMILES string of the molecule is c1ccc2c(c1)ncn2CC1CCCN1c1cc(N2CCCCC2)ncn1. The summed E-state index contributed by atoms with van der Waals surface area (Å²) in [6.45, 7) is 4.24. The maximum absolute atomic E-state index is 4.62. The van der Waals surface area contributed by atoms with Gasteiger partial charge < -0.3 is 14.4 Å². The highest BCUT2D eigenvalue weighted by molar-refractivity contribution is 5.75. The molecule has 6 nitrogen and oxygen atoms in total. The molecule has 1 unspecified atom stereocenters. The van der Waals surface area contributed by atoms with Crippen LogP contribution in [-0.2, 0) is 6.54 Å². The average molecular weight is 362 g/mol. The summed E-state index contributed by atoms with van der Waals surface area (Å²) in [5.41, 5.74) is 2.28. The van der Waals surface area contributed by atoms with E-state index in [0.29, 0.717) is 6.04 Å². The fraction of sp³-hybridized carbons (Fsp3) is 0.476. The molecule has 0 N–H and O–H groups in total. The van der Waals surface area contributed by atoms with Crippen LogP contribution in [0.25, 0.3) is 11.0 Å². The molecule has 2 fully saturated rings. The Kier molecular flexibility index (Phi) is 4.40. The molecular weight excluding hydrogens is 336 g/mol. The van der Waals surface area contributed by atoms with Crippen molar-refractivity contribution in [3.63, 3.8) is 0 Å². The summed E-state index contributed by atoms with van der Waals surface area (Å²) >= 11 is 0. The number of benzene rings is 1. The Morgan fingerprint density at radius 2 is 1.74 bits per heavy atom. The zero-order valence-electron chi connectivity index (χ0n) is 15.7. The van der Waals surface area contributed by atoms with Crippen molar-refractivity contribution in [3.8, 4) is 0 Å². The molecule has 3 aromatic rings. The standard InChI is InChI=1S/C21H26N6/c1-4-10-25(11-5-1)20-13-21(23-15-22-20)27-12-6-7-17(27)14-26-16-24-18-8-2-3-9-19(18)26/h2-3,8-9,13,15-17H,1,4-7,10-12,14H2. The third kappa shape index (κ3) is 3.24. The molecule has 6 heteroatoms. The Hall–Kier alpha value is -2.63. The molecule has 0 spiro atoms. The second-order valence-electron chi connectivity index (χ2n) is 7.66. The highest BCUT2D eigenvalue weighted by Crippen LogP contribution is 2.28. The van der Waals surface area contributed by atoms with Crippen LogP contribution in [0.3, 0.4) is 0 Å². The Bertz CT molecular complexity index is 914. The zero-order chi connectivity index (χ0) is 18.1. The molecule has 0 aliphatic carbocycles. The maximum Gasteiger partial charge on any atom is 0.134 e. The summed E-state index contributed by atoms with van der Waals surface area (Å²) in [6.07, 6.45) is 9.97. The van der Waals surface area contributed by atoms with Crippen molar-refractivity contribution in [2.24, 2.45) is 0 Å². The van der Waals surface area contributed by atoms with Crippen LogP contribution in [0.5, 0.6) is 0 Å². The van der Waals surface area contributed by atoms with Crippen molar-refractivity contribution in [1.82, 2.24) is 19.5 Å². The van der Waals surface area contributed by atoms with Gasteiger partial charge in [-0.25, -0.2) is 15.0 Å². The minimum absolute atomic E-state index is 0.451. The van der Waals surface area contributed by atoms with Gasteiger partial charge in [0.15, 0.2) is 0 Å². The molecule has 1 atom stereocenters. The predicted molar refractivity (Wildman–Crippen MR) is 108 cm³/mol. The fourth-order valence-electron chi connectivity index (χ4n) is 4.50. The topological polar surface area (TPSA) is 50.1 Å². The fourth-order valence-corrected chi connectivity index (χ4v) is 4.50. The second kappa shape index (κ2) is 7.18. The van der Waals surface area contributed by atoms with Crippen LogP contribution in [0.2, 0.25) is 0 Å². The molecule has 140 valence electrons. The van der Waals surface area contributed by atoms with Crippen molar-refractivity contribution in [3.05, 3.63) is 43.0 Å². The highest BCUT2D eigenvalue weighted by atomic mass is 15.3. The van der Waals surface area contributed by atoms with E-state index >= 15 is 0 Å². The van der Waals surface area contributed by atoms with Gasteiger partial charge in [-0.15, -0.1) is 0 Å². The van der Waals surface area contributed by atoms with Gasteiger partial charge in [0.25, 0.3) is 0 Å². The normalized spacial score (nSPS) is 20.5. The van der Waals surface area contributed by atoms with Crippen molar-refractivity contribution in [2.75, 3.05) is 29.4 Å². The third-order valence-corrected chi connectivity index (χ3v) is 5.92. The Labute approximate surface area is 159 Å². The van der Waals surface area contributed by atoms with E-state index in [1.807, 2.05) is 12.4 Å². The number of para-hydroxylation sites is 2. The molecule has 27 heavy (non-hydrogen) atoms. The lowest BCUT2D eigenvalue weighted by atomic mass is 10.1. The van der Waals surface area contributed by atoms with Crippen LogP contribution >= 0.6 is 0 Å². The van der Waals surface area contributed by atoms with Gasteiger partial charge in [0, 0.05) is 38.3 Å². The van der Waals surface area contributed by atoms with Gasteiger partial charge in [-0.1, -0.05) is 12.1 Å². The van der Waals surface area contributed by atoms with Crippen molar-refractivity contribution < 1.29 is 0 Å². The average Bonchev–Trinajstić information content (AvgIpc) is 3.37. The first-order valence-electron chi connectivity index (χ1n) is 10.1. The van der Waals surface area contributed by atoms with E-state index in [-0.39, 0.29) is 0 Å². The monoisotopic (exact) mass is 362 g/mol. The molecule has 0 saturated carbocycles. The number of aromatic nitrogens is 4. The summed E-state index contributed by atoms with van der Waals surface area (Å²) in [5.74, 6) is 2.15. The van der Waals surface area contributed by atoms with E-state index in [9.17, 15) is 0 Å². The second-order valence-corrected chi connectivity index (χ2v) is 7.66. The molecular formula is C21H26N6. The number of piperidine rings is 1. The van der Waals surface area contributed by atoms with Gasteiger partial charge in [-0.3, -0.25) is 0 Å². The third-order valence-electron chi connectivity index (χ3n) is 5.92. The Morgan fingerprint density at radius 1 is 0.889 bits per heavy atom. The molecule has 0 amide bonds. The van der Waals surface area contributed by atoms with Crippen molar-refractivity contribution in [2.45, 2.75) is 44.7 Å². The summed E-state index contributed by atoms with van der Waals surface area (Å²) < 4.78 is 2.28. The number of imidazole rings is 1. The van der Waals surface area contributed by atoms with Crippen molar-refractivity contribution in [1.29, 1.82) is 0 Å². The van der Waals surface area contributed by atoms with Gasteiger partial charge in [-0.05, 0) is 44.2 Å². The summed E-state index contributed by atoms with van der Waals surface area (Å²) in [6, 6.07) is 11.0. The Morgan fingerprint density at radius 3 is 2.67 bits per heavy atom. The van der Waals surface area contributed by atoms with Crippen LogP contribution < -0.4 is 9.80 Å². The van der Waals surface area contributed by atoms with Gasteiger partial charge in [0.2, 0.25) is 0 Å². The summed E-state index contributed by atoms with van der Waals surface area (Å²) in [4.78, 5) is 18.6. The molecule has 0 bridgehead atoms. The minimum atomic E-state index is 0.451. The van der Waals surface area contributed by atoms with Crippen LogP contribution in [0, 0.1) is 0 Å². The van der Waals surface area contributed by atoms with E-state index in [0.717, 1.165) is 43.3 Å². The first-order valence-corrected chi connectivity index (χ1v) is 10.1. The first-order chi connectivity index (χ1) is 13.4. The maximum atomic E-state index is 4.62. The first kappa shape index (κ1) is 16.5. The Balaban J connectivity index is 1.38. The number of fused-ring (bicyclic) bond motifs is 1. The van der Waals surface area contributed by atoms with Crippen LogP contribution in [-0.4, -0.2) is 45.2 Å². The van der Waals surface area contributed by atoms with Crippen LogP contribution in [0.4, 0.5) is 11.6 Å². The molecule has 2 aliphatic heterocycles. The van der Waals surface area contributed by atoms with E-state index in [1.54, 1.807) is 6.33 Å². The quantitative estimate of drug-likeness (QED) is 0.711. The summed E-state index contributed by atoms with van der Waals surface area (Å²) in [5, 5.41) is 0. The van der Waals surface area contributed by atoms with Gasteiger partial charge in [-0.2, -0.15) is 0 Å². The van der Waals surface area contributed by atoms with E-state index < -0.39 is 0 Å². The van der Waals surface area contributed by atoms with Gasteiger partial charge in [0.05, 0.1) is 17.4 Å². The van der Waals surface area contributed by atoms with Gasteiger partial charge >= 0.3 is 0 Å². The van der Waals surface area contributed by atoms with E-state index in [2.05, 4.69) is 53.6 Å². The number of anilines is 2. The smallest absolute Gasteiger partial charge is 0.134 e. The molecule has 5 rings (SSSR count). The lowest BCUT2D eigenvalue weighted by Crippen LogP contribution is -2.34. The van der Waals surface area contributed by atoms with E-state index in [4.69, 9.17) is 0 Å². The molecule has 2 saturated heterocycles. The molecule has 0 radical (unpaired) electrons. The minimum Gasteiger partial charge on any atom is -0.356 e. The molecule has 4 heterocycles. The number of hydrogen-bond donors (Lipinski definition) is 0. The highest BCUT2D eigenvalue weighted by Gasteiger charge is 2.27. The number of hydrogen-bond acceptors (Lipinski definition) is 5. The predicted octanol–water partition coefficient (Wildman–Crippen LogP) is 3.49. The summed E-state index contributed by atoms with van der Waals surface area (Å²) in [7, 11) is 0. The lowest BCUT2D eigenvalue weighted by Gasteiger charge is -2.30. The van der Waals surface area contributed by atoms with Crippen LogP contribution in [0.15, 0.2) is 43.0 Å². The van der Waals surface area contributed by atoms with Crippen LogP contribution in [0.1, 0.15) is 32.1 Å². The van der Waals surface area contributed by atoms with Crippen molar-refractivity contribution >= 4 is 22.7 Å². The largest absolute Gasteiger partial charge is 0.356 e. The van der Waals surface area contributed by atoms with Gasteiger partial charge in [0.1, 0.15) is 18.0 Å². The van der Waals surface area contributed by atoms with E-state index in [1.165, 1.54) is 37.6 Å². The zero-order valence-corrected chi connectivity index (χ0v) is 15.7. The molecule has 2 aliphatic rings. The molecule has 2 aromatic heterocycles. The lowest BCUT2D eigenvalue weighted by molar-refractivity contribution is 0.555. The number of rotatable bonds is 4.